The Morgan fingerprint density at radius 1 is 1.75 bits per heavy atom. The van der Waals surface area contributed by atoms with Gasteiger partial charge in [-0.25, -0.2) is 0 Å². The minimum Gasteiger partial charge on any atom is -0.480 e. The topological polar surface area (TPSA) is 83.6 Å². The second-order valence-corrected chi connectivity index (χ2v) is 1.68. The number of rotatable bonds is 2. The molecule has 1 unspecified atom stereocenters. The average Bonchev–Trinajstić information content (AvgIpc) is 1.64. The summed E-state index contributed by atoms with van der Waals surface area (Å²) < 4.78 is 0. The summed E-state index contributed by atoms with van der Waals surface area (Å²) in [7, 11) is 0. The zero-order valence-electron chi connectivity index (χ0n) is 3.91. The van der Waals surface area contributed by atoms with Gasteiger partial charge >= 0.3 is 5.97 Å². The van der Waals surface area contributed by atoms with Crippen molar-refractivity contribution in [2.45, 2.75) is 11.6 Å². The minimum atomic E-state index is -1.51. The van der Waals surface area contributed by atoms with E-state index in [0.717, 1.165) is 0 Å². The van der Waals surface area contributed by atoms with Gasteiger partial charge in [-0.05, 0) is 0 Å². The molecule has 8 heavy (non-hydrogen) atoms. The molecule has 0 saturated carbocycles. The lowest BCUT2D eigenvalue weighted by molar-refractivity contribution is -0.139. The quantitative estimate of drug-likeness (QED) is 0.427. The van der Waals surface area contributed by atoms with E-state index in [1.807, 2.05) is 0 Å². The summed E-state index contributed by atoms with van der Waals surface area (Å²) in [6.07, 6.45) is 0. The van der Waals surface area contributed by atoms with Crippen LogP contribution in [0.1, 0.15) is 0 Å². The Morgan fingerprint density at radius 2 is 2.12 bits per heavy atom. The summed E-state index contributed by atoms with van der Waals surface area (Å²) in [5.41, 5.74) is 3.27. The predicted octanol–water partition coefficient (Wildman–Crippen LogP) is -1.04. The summed E-state index contributed by atoms with van der Waals surface area (Å²) in [6.45, 7) is 0. The van der Waals surface area contributed by atoms with Crippen molar-refractivity contribution in [3.8, 4) is 0 Å². The van der Waals surface area contributed by atoms with Gasteiger partial charge in [0.05, 0.1) is 0 Å². The van der Waals surface area contributed by atoms with Crippen LogP contribution in [0.3, 0.4) is 0 Å². The fraction of sp³-hybridized carbons (Fsp3) is 0.667. The molecule has 0 aliphatic heterocycles. The van der Waals surface area contributed by atoms with E-state index in [4.69, 9.17) is 27.5 Å². The van der Waals surface area contributed by atoms with Gasteiger partial charge in [0.25, 0.3) is 0 Å². The lowest BCUT2D eigenvalue weighted by atomic mass is 10.3. The highest BCUT2D eigenvalue weighted by atomic mass is 35.5. The monoisotopic (exact) mass is 139 g/mol. The van der Waals surface area contributed by atoms with Gasteiger partial charge in [0.2, 0.25) is 0 Å². The molecule has 0 aliphatic rings. The van der Waals surface area contributed by atoms with Crippen LogP contribution in [0.15, 0.2) is 0 Å². The van der Waals surface area contributed by atoms with Crippen molar-refractivity contribution in [1.29, 1.82) is 0 Å². The molecular weight excluding hydrogens is 133 g/mol. The molecular formula is C3H6ClNO3. The van der Waals surface area contributed by atoms with Gasteiger partial charge < -0.3 is 15.9 Å². The Labute approximate surface area is 50.9 Å². The second kappa shape index (κ2) is 2.86. The van der Waals surface area contributed by atoms with Gasteiger partial charge in [-0.1, -0.05) is 11.6 Å². The Morgan fingerprint density at radius 3 is 2.12 bits per heavy atom. The van der Waals surface area contributed by atoms with Gasteiger partial charge in [-0.15, -0.1) is 0 Å². The van der Waals surface area contributed by atoms with Crippen LogP contribution >= 0.6 is 11.6 Å². The van der Waals surface area contributed by atoms with Crippen LogP contribution in [-0.2, 0) is 4.79 Å². The number of aliphatic hydroxyl groups is 1. The Bertz CT molecular complexity index is 94.5. The minimum absolute atomic E-state index is 1.31. The van der Waals surface area contributed by atoms with E-state index in [-0.39, 0.29) is 0 Å². The SMILES string of the molecule is N[C@H](C(=O)O)C(O)Cl. The number of alkyl halides is 1. The van der Waals surface area contributed by atoms with E-state index >= 15 is 0 Å². The molecule has 48 valence electrons. The number of halogens is 1. The lowest BCUT2D eigenvalue weighted by Crippen LogP contribution is -2.38. The molecule has 2 atom stereocenters. The van der Waals surface area contributed by atoms with Gasteiger partial charge in [-0.3, -0.25) is 4.79 Å². The summed E-state index contributed by atoms with van der Waals surface area (Å²) in [4.78, 5) is 9.77. The van der Waals surface area contributed by atoms with E-state index in [1.54, 1.807) is 0 Å². The van der Waals surface area contributed by atoms with Crippen LogP contribution in [-0.4, -0.2) is 27.8 Å². The highest BCUT2D eigenvalue weighted by Gasteiger charge is 2.18. The van der Waals surface area contributed by atoms with Crippen LogP contribution in [0.2, 0.25) is 0 Å². The fourth-order valence-electron chi connectivity index (χ4n) is 0.118. The van der Waals surface area contributed by atoms with Crippen LogP contribution in [0.25, 0.3) is 0 Å². The summed E-state index contributed by atoms with van der Waals surface area (Å²) >= 11 is 4.87. The maximum Gasteiger partial charge on any atom is 0.324 e. The van der Waals surface area contributed by atoms with Crippen LogP contribution in [0, 0.1) is 0 Å². The van der Waals surface area contributed by atoms with Crippen LogP contribution in [0.5, 0.6) is 0 Å². The van der Waals surface area contributed by atoms with Crippen molar-refractivity contribution in [3.63, 3.8) is 0 Å². The zero-order valence-corrected chi connectivity index (χ0v) is 4.67. The number of carbonyl (C=O) groups is 1. The Hall–Kier alpha value is -0.320. The smallest absolute Gasteiger partial charge is 0.324 e. The third kappa shape index (κ3) is 2.11. The largest absolute Gasteiger partial charge is 0.480 e. The van der Waals surface area contributed by atoms with E-state index in [2.05, 4.69) is 0 Å². The Balaban J connectivity index is 3.64. The van der Waals surface area contributed by atoms with Crippen molar-refractivity contribution in [1.82, 2.24) is 0 Å². The second-order valence-electron chi connectivity index (χ2n) is 1.24. The first-order valence-electron chi connectivity index (χ1n) is 1.86. The van der Waals surface area contributed by atoms with Crippen LogP contribution in [0.4, 0.5) is 0 Å². The first-order valence-corrected chi connectivity index (χ1v) is 2.30. The third-order valence-electron chi connectivity index (χ3n) is 0.581. The highest BCUT2D eigenvalue weighted by molar-refractivity contribution is 6.21. The highest BCUT2D eigenvalue weighted by Crippen LogP contribution is 1.93. The molecule has 0 heterocycles. The molecule has 0 aromatic rings. The molecule has 0 aromatic heterocycles. The normalized spacial score (nSPS) is 17.4. The molecule has 4 N–H and O–H groups in total. The van der Waals surface area contributed by atoms with E-state index < -0.39 is 17.6 Å². The number of hydrogen-bond acceptors (Lipinski definition) is 3. The summed E-state index contributed by atoms with van der Waals surface area (Å²) in [5, 5.41) is 16.2. The number of aliphatic hydroxyl groups excluding tert-OH is 1. The molecule has 0 aliphatic carbocycles. The first kappa shape index (κ1) is 7.68. The number of carboxylic acid groups (broad SMARTS) is 1. The predicted molar refractivity (Wildman–Crippen MR) is 27.5 cm³/mol. The number of carboxylic acids is 1. The van der Waals surface area contributed by atoms with E-state index in [9.17, 15) is 4.79 Å². The molecule has 4 nitrogen and oxygen atoms in total. The van der Waals surface area contributed by atoms with E-state index in [1.165, 1.54) is 0 Å². The van der Waals surface area contributed by atoms with Gasteiger partial charge in [-0.2, -0.15) is 0 Å². The molecule has 0 amide bonds. The molecule has 0 rings (SSSR count). The number of hydrogen-bond donors (Lipinski definition) is 3. The number of nitrogens with two attached hydrogens (primary N) is 1. The molecule has 0 fully saturated rings. The fourth-order valence-corrected chi connectivity index (χ4v) is 0.225. The van der Waals surface area contributed by atoms with E-state index in [0.29, 0.717) is 0 Å². The van der Waals surface area contributed by atoms with Crippen molar-refractivity contribution in [2.75, 3.05) is 0 Å². The lowest BCUT2D eigenvalue weighted by Gasteiger charge is -2.04. The van der Waals surface area contributed by atoms with Gasteiger partial charge in [0.1, 0.15) is 6.04 Å². The van der Waals surface area contributed by atoms with Crippen molar-refractivity contribution >= 4 is 17.6 Å². The maximum atomic E-state index is 9.77. The number of aliphatic carboxylic acids is 1. The molecule has 0 spiro atoms. The Kier molecular flexibility index (Phi) is 2.75. The van der Waals surface area contributed by atoms with Crippen molar-refractivity contribution in [3.05, 3.63) is 0 Å². The summed E-state index contributed by atoms with van der Waals surface area (Å²) in [5.74, 6) is -1.31. The molecule has 0 radical (unpaired) electrons. The average molecular weight is 140 g/mol. The molecule has 0 aromatic carbocycles. The summed E-state index contributed by atoms with van der Waals surface area (Å²) in [6, 6.07) is -1.39. The first-order chi connectivity index (χ1) is 3.55. The zero-order chi connectivity index (χ0) is 6.73. The van der Waals surface area contributed by atoms with Crippen molar-refractivity contribution in [2.24, 2.45) is 5.73 Å². The maximum absolute atomic E-state index is 9.77. The van der Waals surface area contributed by atoms with Gasteiger partial charge in [0.15, 0.2) is 5.56 Å². The third-order valence-corrected chi connectivity index (χ3v) is 0.853. The van der Waals surface area contributed by atoms with Crippen molar-refractivity contribution < 1.29 is 15.0 Å². The van der Waals surface area contributed by atoms with Gasteiger partial charge in [0, 0.05) is 0 Å². The van der Waals surface area contributed by atoms with Crippen LogP contribution < -0.4 is 5.73 Å². The molecule has 0 saturated heterocycles. The standard InChI is InChI=1S/C3H6ClNO3/c4-2(6)1(5)3(7)8/h1-2,6H,5H2,(H,7,8)/t1-,2?/m0/s1. The molecule has 0 bridgehead atoms. The molecule has 5 heteroatoms.